The van der Waals surface area contributed by atoms with Crippen molar-refractivity contribution in [2.75, 3.05) is 13.7 Å². The van der Waals surface area contributed by atoms with Crippen LogP contribution in [0.25, 0.3) is 0 Å². The van der Waals surface area contributed by atoms with Crippen molar-refractivity contribution in [2.45, 2.75) is 12.8 Å². The van der Waals surface area contributed by atoms with Crippen LogP contribution in [0.1, 0.15) is 12.8 Å². The minimum absolute atomic E-state index is 0.489. The van der Waals surface area contributed by atoms with Crippen molar-refractivity contribution in [3.8, 4) is 0 Å². The van der Waals surface area contributed by atoms with Crippen LogP contribution >= 0.6 is 0 Å². The van der Waals surface area contributed by atoms with Crippen LogP contribution in [0.2, 0.25) is 0 Å². The van der Waals surface area contributed by atoms with Gasteiger partial charge in [0.2, 0.25) is 0 Å². The molecule has 11 heavy (non-hydrogen) atoms. The third-order valence-electron chi connectivity index (χ3n) is 1.06. The van der Waals surface area contributed by atoms with Gasteiger partial charge in [0.05, 0.1) is 13.4 Å². The maximum atomic E-state index is 9.93. The number of methoxy groups -OCH3 is 1. The number of allylic oxidation sites excluding steroid dienone is 1. The Morgan fingerprint density at radius 3 is 3.00 bits per heavy atom. The standard InChI is InChI=1S/C7H13NO3/c1-11-6-4-2-3-5-8-7(9)10/h4,6,8H,2-3,5H2,1H3,(H,9,10). The third-order valence-corrected chi connectivity index (χ3v) is 1.06. The van der Waals surface area contributed by atoms with Gasteiger partial charge in [-0.05, 0) is 18.9 Å². The summed E-state index contributed by atoms with van der Waals surface area (Å²) >= 11 is 0. The van der Waals surface area contributed by atoms with Crippen LogP contribution < -0.4 is 5.32 Å². The molecule has 4 heteroatoms. The van der Waals surface area contributed by atoms with E-state index in [-0.39, 0.29) is 0 Å². The highest BCUT2D eigenvalue weighted by Gasteiger charge is 1.90. The topological polar surface area (TPSA) is 58.6 Å². The van der Waals surface area contributed by atoms with Gasteiger partial charge in [0.1, 0.15) is 0 Å². The number of nitrogens with one attached hydrogen (secondary N) is 1. The van der Waals surface area contributed by atoms with E-state index < -0.39 is 6.09 Å². The summed E-state index contributed by atoms with van der Waals surface area (Å²) in [7, 11) is 1.58. The van der Waals surface area contributed by atoms with Crippen molar-refractivity contribution in [3.05, 3.63) is 12.3 Å². The molecule has 2 N–H and O–H groups in total. The maximum Gasteiger partial charge on any atom is 0.404 e. The molecule has 0 bridgehead atoms. The highest BCUT2D eigenvalue weighted by atomic mass is 16.5. The van der Waals surface area contributed by atoms with Crippen molar-refractivity contribution in [1.82, 2.24) is 5.32 Å². The smallest absolute Gasteiger partial charge is 0.404 e. The lowest BCUT2D eigenvalue weighted by molar-refractivity contribution is 0.194. The minimum atomic E-state index is -0.972. The minimum Gasteiger partial charge on any atom is -0.505 e. The van der Waals surface area contributed by atoms with E-state index in [1.54, 1.807) is 13.4 Å². The molecular weight excluding hydrogens is 146 g/mol. The molecule has 0 saturated carbocycles. The van der Waals surface area contributed by atoms with Crippen LogP contribution in [0.4, 0.5) is 4.79 Å². The first kappa shape index (κ1) is 9.81. The van der Waals surface area contributed by atoms with Gasteiger partial charge in [-0.25, -0.2) is 4.79 Å². The Hall–Kier alpha value is -1.19. The predicted octanol–water partition coefficient (Wildman–Crippen LogP) is 1.19. The zero-order chi connectivity index (χ0) is 8.53. The van der Waals surface area contributed by atoms with Crippen LogP contribution in [0.15, 0.2) is 12.3 Å². The van der Waals surface area contributed by atoms with Gasteiger partial charge in [-0.2, -0.15) is 0 Å². The second-order valence-corrected chi connectivity index (χ2v) is 1.98. The SMILES string of the molecule is COC=CCCCNC(=O)O. The van der Waals surface area contributed by atoms with Gasteiger partial charge in [0, 0.05) is 6.54 Å². The van der Waals surface area contributed by atoms with Crippen molar-refractivity contribution in [3.63, 3.8) is 0 Å². The number of ether oxygens (including phenoxy) is 1. The molecule has 0 aliphatic heterocycles. The fourth-order valence-electron chi connectivity index (χ4n) is 0.580. The van der Waals surface area contributed by atoms with E-state index in [0.717, 1.165) is 12.8 Å². The van der Waals surface area contributed by atoms with Gasteiger partial charge < -0.3 is 15.2 Å². The number of carboxylic acid groups (broad SMARTS) is 1. The van der Waals surface area contributed by atoms with Gasteiger partial charge >= 0.3 is 6.09 Å². The third kappa shape index (κ3) is 8.81. The van der Waals surface area contributed by atoms with E-state index in [1.807, 2.05) is 6.08 Å². The number of unbranched alkanes of at least 4 members (excludes halogenated alkanes) is 1. The number of hydrogen-bond donors (Lipinski definition) is 2. The maximum absolute atomic E-state index is 9.93. The fraction of sp³-hybridized carbons (Fsp3) is 0.571. The van der Waals surface area contributed by atoms with E-state index in [2.05, 4.69) is 10.1 Å². The summed E-state index contributed by atoms with van der Waals surface area (Å²) in [5, 5.41) is 10.4. The normalized spacial score (nSPS) is 9.91. The molecule has 0 rings (SSSR count). The first-order chi connectivity index (χ1) is 5.27. The number of carbonyl (C=O) groups is 1. The second kappa shape index (κ2) is 6.92. The summed E-state index contributed by atoms with van der Waals surface area (Å²) in [6.07, 6.45) is 4.09. The summed E-state index contributed by atoms with van der Waals surface area (Å²) < 4.78 is 4.65. The Kier molecular flexibility index (Phi) is 6.17. The lowest BCUT2D eigenvalue weighted by Gasteiger charge is -1.96. The largest absolute Gasteiger partial charge is 0.505 e. The molecule has 0 atom stereocenters. The van der Waals surface area contributed by atoms with E-state index in [0.29, 0.717) is 6.54 Å². The van der Waals surface area contributed by atoms with E-state index in [9.17, 15) is 4.79 Å². The highest BCUT2D eigenvalue weighted by Crippen LogP contribution is 1.88. The highest BCUT2D eigenvalue weighted by molar-refractivity contribution is 5.64. The van der Waals surface area contributed by atoms with Crippen LogP contribution in [0.3, 0.4) is 0 Å². The van der Waals surface area contributed by atoms with Crippen molar-refractivity contribution in [1.29, 1.82) is 0 Å². The zero-order valence-corrected chi connectivity index (χ0v) is 6.54. The summed E-state index contributed by atoms with van der Waals surface area (Å²) in [4.78, 5) is 9.93. The molecule has 0 aliphatic rings. The molecule has 0 saturated heterocycles. The Balaban J connectivity index is 3.02. The first-order valence-electron chi connectivity index (χ1n) is 3.42. The van der Waals surface area contributed by atoms with Gasteiger partial charge in [-0.3, -0.25) is 0 Å². The van der Waals surface area contributed by atoms with Gasteiger partial charge in [-0.1, -0.05) is 0 Å². The van der Waals surface area contributed by atoms with E-state index in [1.165, 1.54) is 0 Å². The van der Waals surface area contributed by atoms with Crippen LogP contribution in [-0.2, 0) is 4.74 Å². The van der Waals surface area contributed by atoms with Crippen molar-refractivity contribution < 1.29 is 14.6 Å². The molecule has 0 aromatic heterocycles. The van der Waals surface area contributed by atoms with E-state index in [4.69, 9.17) is 5.11 Å². The molecule has 0 aromatic rings. The lowest BCUT2D eigenvalue weighted by Crippen LogP contribution is -2.21. The van der Waals surface area contributed by atoms with Crippen LogP contribution in [-0.4, -0.2) is 24.9 Å². The van der Waals surface area contributed by atoms with Crippen LogP contribution in [0.5, 0.6) is 0 Å². The van der Waals surface area contributed by atoms with Gasteiger partial charge in [-0.15, -0.1) is 0 Å². The molecule has 0 fully saturated rings. The van der Waals surface area contributed by atoms with Gasteiger partial charge in [0.25, 0.3) is 0 Å². The number of rotatable bonds is 5. The molecule has 0 aliphatic carbocycles. The Morgan fingerprint density at radius 2 is 2.45 bits per heavy atom. The molecule has 0 radical (unpaired) electrons. The molecular formula is C7H13NO3. The summed E-state index contributed by atoms with van der Waals surface area (Å²) in [6.45, 7) is 0.489. The molecule has 0 spiro atoms. The molecule has 0 unspecified atom stereocenters. The first-order valence-corrected chi connectivity index (χ1v) is 3.42. The molecule has 0 aromatic carbocycles. The van der Waals surface area contributed by atoms with E-state index >= 15 is 0 Å². The quantitative estimate of drug-likeness (QED) is 0.468. The average Bonchev–Trinajstić information content (AvgIpc) is 1.96. The zero-order valence-electron chi connectivity index (χ0n) is 6.54. The lowest BCUT2D eigenvalue weighted by atomic mass is 10.3. The Labute approximate surface area is 65.9 Å². The van der Waals surface area contributed by atoms with Gasteiger partial charge in [0.15, 0.2) is 0 Å². The average molecular weight is 159 g/mol. The number of amides is 1. The summed E-state index contributed by atoms with van der Waals surface area (Å²) in [5.41, 5.74) is 0. The fourth-order valence-corrected chi connectivity index (χ4v) is 0.580. The van der Waals surface area contributed by atoms with Crippen molar-refractivity contribution >= 4 is 6.09 Å². The number of hydrogen-bond acceptors (Lipinski definition) is 2. The van der Waals surface area contributed by atoms with Crippen molar-refractivity contribution in [2.24, 2.45) is 0 Å². The molecule has 4 nitrogen and oxygen atoms in total. The predicted molar refractivity (Wildman–Crippen MR) is 41.4 cm³/mol. The molecule has 64 valence electrons. The summed E-state index contributed by atoms with van der Waals surface area (Å²) in [6, 6.07) is 0. The monoisotopic (exact) mass is 159 g/mol. The Bertz CT molecular complexity index is 134. The molecule has 1 amide bonds. The second-order valence-electron chi connectivity index (χ2n) is 1.98. The Morgan fingerprint density at radius 1 is 1.73 bits per heavy atom. The summed E-state index contributed by atoms with van der Waals surface area (Å²) in [5.74, 6) is 0. The van der Waals surface area contributed by atoms with Crippen LogP contribution in [0, 0.1) is 0 Å². The molecule has 0 heterocycles.